The molecule has 1 aromatic heterocycles. The van der Waals surface area contributed by atoms with Crippen LogP contribution in [0.5, 0.6) is 0 Å². The van der Waals surface area contributed by atoms with E-state index in [9.17, 15) is 4.79 Å². The Hall–Kier alpha value is -0.845. The van der Waals surface area contributed by atoms with E-state index in [-0.39, 0.29) is 17.2 Å². The molecule has 1 aliphatic rings. The molecule has 0 aromatic carbocycles. The van der Waals surface area contributed by atoms with Crippen LogP contribution in [0, 0.1) is 6.92 Å². The van der Waals surface area contributed by atoms with Crippen molar-refractivity contribution in [2.24, 2.45) is 0 Å². The van der Waals surface area contributed by atoms with E-state index in [1.54, 1.807) is 0 Å². The molecular weight excluding hydrogens is 263 g/mol. The van der Waals surface area contributed by atoms with Crippen LogP contribution >= 0.6 is 11.3 Å². The van der Waals surface area contributed by atoms with E-state index >= 15 is 0 Å². The molecule has 2 heterocycles. The number of methoxy groups -OCH3 is 1. The Kier molecular flexibility index (Phi) is 3.54. The van der Waals surface area contributed by atoms with Crippen LogP contribution in [-0.4, -0.2) is 31.4 Å². The van der Waals surface area contributed by atoms with Gasteiger partial charge in [-0.1, -0.05) is 0 Å². The van der Waals surface area contributed by atoms with E-state index in [1.165, 1.54) is 18.4 Å². The predicted molar refractivity (Wildman–Crippen MR) is 76.1 cm³/mol. The Morgan fingerprint density at radius 1 is 1.26 bits per heavy atom. The number of ether oxygens (including phenoxy) is 1. The molecule has 0 N–H and O–H groups in total. The first-order valence-electron chi connectivity index (χ1n) is 6.21. The zero-order valence-corrected chi connectivity index (χ0v) is 13.0. The molecule has 19 heavy (non-hydrogen) atoms. The van der Waals surface area contributed by atoms with Crippen LogP contribution in [0.4, 0.5) is 0 Å². The Balaban J connectivity index is 2.31. The van der Waals surface area contributed by atoms with E-state index in [0.29, 0.717) is 4.88 Å². The molecule has 0 aliphatic carbocycles. The quantitative estimate of drug-likeness (QED) is 0.616. The van der Waals surface area contributed by atoms with Gasteiger partial charge in [0.25, 0.3) is 0 Å². The van der Waals surface area contributed by atoms with Crippen LogP contribution in [0.15, 0.2) is 5.38 Å². The Morgan fingerprint density at radius 3 is 2.26 bits per heavy atom. The summed E-state index contributed by atoms with van der Waals surface area (Å²) in [7, 11) is 0.954. The predicted octanol–water partition coefficient (Wildman–Crippen LogP) is 2.14. The summed E-state index contributed by atoms with van der Waals surface area (Å²) in [6.45, 7) is 9.93. The van der Waals surface area contributed by atoms with Crippen molar-refractivity contribution in [3.05, 3.63) is 15.8 Å². The summed E-state index contributed by atoms with van der Waals surface area (Å²) in [4.78, 5) is 12.2. The fourth-order valence-corrected chi connectivity index (χ4v) is 2.93. The first-order chi connectivity index (χ1) is 8.69. The molecule has 0 radical (unpaired) electrons. The Bertz CT molecular complexity index is 491. The van der Waals surface area contributed by atoms with E-state index in [0.717, 1.165) is 11.0 Å². The molecule has 104 valence electrons. The molecule has 1 aliphatic heterocycles. The van der Waals surface area contributed by atoms with Crippen LogP contribution in [0.1, 0.15) is 42.9 Å². The van der Waals surface area contributed by atoms with Gasteiger partial charge in [-0.15, -0.1) is 11.3 Å². The maximum absolute atomic E-state index is 11.6. The van der Waals surface area contributed by atoms with Gasteiger partial charge in [0.1, 0.15) is 4.88 Å². The summed E-state index contributed by atoms with van der Waals surface area (Å²) in [6, 6.07) is 0. The van der Waals surface area contributed by atoms with Gasteiger partial charge in [-0.25, -0.2) is 4.79 Å². The second kappa shape index (κ2) is 4.61. The second-order valence-corrected chi connectivity index (χ2v) is 6.60. The van der Waals surface area contributed by atoms with Gasteiger partial charge in [0.05, 0.1) is 18.3 Å². The van der Waals surface area contributed by atoms with Crippen molar-refractivity contribution in [2.75, 3.05) is 7.11 Å². The number of thiophene rings is 1. The third-order valence-electron chi connectivity index (χ3n) is 3.96. The smallest absolute Gasteiger partial charge is 0.465 e. The van der Waals surface area contributed by atoms with E-state index in [2.05, 4.69) is 0 Å². The van der Waals surface area contributed by atoms with E-state index < -0.39 is 7.12 Å². The first kappa shape index (κ1) is 14.6. The van der Waals surface area contributed by atoms with Crippen LogP contribution in [0.2, 0.25) is 0 Å². The summed E-state index contributed by atoms with van der Waals surface area (Å²) >= 11 is 1.36. The molecule has 0 saturated carbocycles. The van der Waals surface area contributed by atoms with Gasteiger partial charge >= 0.3 is 13.1 Å². The van der Waals surface area contributed by atoms with Gasteiger partial charge in [-0.3, -0.25) is 0 Å². The third kappa shape index (κ3) is 2.33. The lowest BCUT2D eigenvalue weighted by atomic mass is 9.78. The fraction of sp³-hybridized carbons (Fsp3) is 0.615. The number of hydrogen-bond acceptors (Lipinski definition) is 5. The molecule has 1 aromatic rings. The summed E-state index contributed by atoms with van der Waals surface area (Å²) in [5.74, 6) is -0.315. The normalized spacial score (nSPS) is 20.6. The molecule has 0 bridgehead atoms. The maximum Gasteiger partial charge on any atom is 0.495 e. The molecule has 0 amide bonds. The summed E-state index contributed by atoms with van der Waals surface area (Å²) < 4.78 is 16.7. The lowest BCUT2D eigenvalue weighted by molar-refractivity contribution is 0.00578. The summed E-state index contributed by atoms with van der Waals surface area (Å²) in [5, 5.41) is 1.91. The molecule has 0 unspecified atom stereocenters. The highest BCUT2D eigenvalue weighted by atomic mass is 32.1. The van der Waals surface area contributed by atoms with Crippen LogP contribution < -0.4 is 5.46 Å². The molecule has 6 heteroatoms. The number of rotatable bonds is 2. The van der Waals surface area contributed by atoms with Gasteiger partial charge in [0, 0.05) is 0 Å². The van der Waals surface area contributed by atoms with Crippen LogP contribution in [-0.2, 0) is 14.0 Å². The number of hydrogen-bond donors (Lipinski definition) is 0. The van der Waals surface area contributed by atoms with E-state index in [1.807, 2.05) is 40.0 Å². The standard InChI is InChI=1S/C13H19BO4S/c1-8-9(7-19-10(8)11(15)16-6)14-17-12(2,3)13(4,5)18-14/h7H,1-6H3. The van der Waals surface area contributed by atoms with Gasteiger partial charge < -0.3 is 14.0 Å². The van der Waals surface area contributed by atoms with Gasteiger partial charge in [0.2, 0.25) is 0 Å². The molecule has 1 saturated heterocycles. The van der Waals surface area contributed by atoms with Gasteiger partial charge in [0.15, 0.2) is 0 Å². The minimum Gasteiger partial charge on any atom is -0.465 e. The molecule has 1 fully saturated rings. The highest BCUT2D eigenvalue weighted by molar-refractivity contribution is 7.13. The minimum absolute atomic E-state index is 0.315. The van der Waals surface area contributed by atoms with Gasteiger partial charge in [-0.05, 0) is 51.0 Å². The topological polar surface area (TPSA) is 44.8 Å². The van der Waals surface area contributed by atoms with Crippen molar-refractivity contribution in [3.63, 3.8) is 0 Å². The average Bonchev–Trinajstić information content (AvgIpc) is 2.77. The molecular formula is C13H19BO4S. The van der Waals surface area contributed by atoms with Crippen molar-refractivity contribution in [1.82, 2.24) is 0 Å². The number of carbonyl (C=O) groups is 1. The maximum atomic E-state index is 11.6. The van der Waals surface area contributed by atoms with Crippen molar-refractivity contribution < 1.29 is 18.8 Å². The molecule has 4 nitrogen and oxygen atoms in total. The molecule has 0 spiro atoms. The fourth-order valence-electron chi connectivity index (χ4n) is 1.93. The lowest BCUT2D eigenvalue weighted by Crippen LogP contribution is -2.41. The lowest BCUT2D eigenvalue weighted by Gasteiger charge is -2.32. The third-order valence-corrected chi connectivity index (χ3v) is 5.04. The molecule has 0 atom stereocenters. The first-order valence-corrected chi connectivity index (χ1v) is 7.09. The van der Waals surface area contributed by atoms with E-state index in [4.69, 9.17) is 14.0 Å². The monoisotopic (exact) mass is 282 g/mol. The van der Waals surface area contributed by atoms with Crippen molar-refractivity contribution in [2.45, 2.75) is 45.8 Å². The highest BCUT2D eigenvalue weighted by Crippen LogP contribution is 2.37. The number of esters is 1. The largest absolute Gasteiger partial charge is 0.495 e. The van der Waals surface area contributed by atoms with Crippen molar-refractivity contribution >= 4 is 29.9 Å². The Labute approximate surface area is 118 Å². The minimum atomic E-state index is -0.431. The Morgan fingerprint density at radius 2 is 1.79 bits per heavy atom. The number of carbonyl (C=O) groups excluding carboxylic acids is 1. The van der Waals surface area contributed by atoms with Crippen molar-refractivity contribution in [3.8, 4) is 0 Å². The van der Waals surface area contributed by atoms with Crippen LogP contribution in [0.25, 0.3) is 0 Å². The van der Waals surface area contributed by atoms with Crippen LogP contribution in [0.3, 0.4) is 0 Å². The summed E-state index contributed by atoms with van der Waals surface area (Å²) in [5.41, 5.74) is 1.02. The highest BCUT2D eigenvalue weighted by Gasteiger charge is 2.52. The average molecular weight is 282 g/mol. The zero-order chi connectivity index (χ0) is 14.4. The SMILES string of the molecule is COC(=O)c1scc(B2OC(C)(C)C(C)(C)O2)c1C. The van der Waals surface area contributed by atoms with Gasteiger partial charge in [-0.2, -0.15) is 0 Å². The summed E-state index contributed by atoms with van der Waals surface area (Å²) in [6.07, 6.45) is 0. The molecule has 2 rings (SSSR count). The second-order valence-electron chi connectivity index (χ2n) is 5.73. The zero-order valence-electron chi connectivity index (χ0n) is 12.2. The van der Waals surface area contributed by atoms with Crippen molar-refractivity contribution in [1.29, 1.82) is 0 Å².